The molecule has 5 heteroatoms. The molecule has 0 radical (unpaired) electrons. The largest absolute Gasteiger partial charge is 0.490 e. The average molecular weight is 288 g/mol. The van der Waals surface area contributed by atoms with Crippen molar-refractivity contribution in [2.75, 3.05) is 18.9 Å². The Morgan fingerprint density at radius 3 is 2.76 bits per heavy atom. The predicted octanol–water partition coefficient (Wildman–Crippen LogP) is 2.15. The third kappa shape index (κ3) is 4.80. The molecule has 0 saturated heterocycles. The first-order chi connectivity index (χ1) is 10.1. The first-order valence-electron chi connectivity index (χ1n) is 6.63. The Kier molecular flexibility index (Phi) is 5.15. The Morgan fingerprint density at radius 2 is 2.00 bits per heavy atom. The van der Waals surface area contributed by atoms with Gasteiger partial charge in [-0.3, -0.25) is 4.79 Å². The van der Waals surface area contributed by atoms with Gasteiger partial charge in [-0.25, -0.2) is 4.39 Å². The van der Waals surface area contributed by atoms with Crippen molar-refractivity contribution in [2.24, 2.45) is 0 Å². The van der Waals surface area contributed by atoms with E-state index in [1.54, 1.807) is 24.3 Å². The van der Waals surface area contributed by atoms with Crippen molar-refractivity contribution in [1.29, 1.82) is 0 Å². The summed E-state index contributed by atoms with van der Waals surface area (Å²) in [5.41, 5.74) is 6.93. The van der Waals surface area contributed by atoms with Crippen molar-refractivity contribution in [3.8, 4) is 5.75 Å². The molecule has 0 aliphatic carbocycles. The van der Waals surface area contributed by atoms with E-state index in [4.69, 9.17) is 10.5 Å². The molecule has 0 atom stereocenters. The third-order valence-corrected chi connectivity index (χ3v) is 2.85. The second-order valence-corrected chi connectivity index (χ2v) is 4.54. The fourth-order valence-corrected chi connectivity index (χ4v) is 1.86. The molecule has 0 saturated carbocycles. The van der Waals surface area contributed by atoms with Crippen LogP contribution in [0.15, 0.2) is 48.5 Å². The van der Waals surface area contributed by atoms with Crippen LogP contribution in [0.5, 0.6) is 5.75 Å². The molecular weight excluding hydrogens is 271 g/mol. The minimum Gasteiger partial charge on any atom is -0.490 e. The highest BCUT2D eigenvalue weighted by atomic mass is 19.1. The van der Waals surface area contributed by atoms with Gasteiger partial charge in [0.05, 0.1) is 18.7 Å². The number of carbonyl (C=O) groups excluding carboxylic acids is 1. The summed E-state index contributed by atoms with van der Waals surface area (Å²) < 4.78 is 18.4. The highest BCUT2D eigenvalue weighted by Gasteiger charge is 2.04. The van der Waals surface area contributed by atoms with Crippen molar-refractivity contribution >= 4 is 11.6 Å². The second kappa shape index (κ2) is 7.28. The molecule has 0 bridgehead atoms. The number of para-hydroxylation sites is 2. The average Bonchev–Trinajstić information content (AvgIpc) is 2.45. The van der Waals surface area contributed by atoms with E-state index >= 15 is 0 Å². The van der Waals surface area contributed by atoms with Crippen molar-refractivity contribution in [3.63, 3.8) is 0 Å². The number of amides is 1. The second-order valence-electron chi connectivity index (χ2n) is 4.54. The van der Waals surface area contributed by atoms with Crippen LogP contribution in [0.2, 0.25) is 0 Å². The highest BCUT2D eigenvalue weighted by molar-refractivity contribution is 5.78. The van der Waals surface area contributed by atoms with Crippen LogP contribution in [0.1, 0.15) is 5.56 Å². The molecule has 0 aromatic heterocycles. The Balaban J connectivity index is 1.71. The molecule has 1 amide bonds. The number of benzene rings is 2. The SMILES string of the molecule is Nc1ccccc1OCCNC(=O)Cc1cccc(F)c1. The number of nitrogens with two attached hydrogens (primary N) is 1. The molecule has 0 aliphatic rings. The fourth-order valence-electron chi connectivity index (χ4n) is 1.86. The molecule has 2 aromatic carbocycles. The molecule has 2 aromatic rings. The zero-order valence-corrected chi connectivity index (χ0v) is 11.5. The van der Waals surface area contributed by atoms with Crippen LogP contribution in [0, 0.1) is 5.82 Å². The molecular formula is C16H17FN2O2. The normalized spacial score (nSPS) is 10.1. The molecule has 0 heterocycles. The van der Waals surface area contributed by atoms with Gasteiger partial charge in [0.1, 0.15) is 18.2 Å². The standard InChI is InChI=1S/C16H17FN2O2/c17-13-5-3-4-12(10-13)11-16(20)19-8-9-21-15-7-2-1-6-14(15)18/h1-7,10H,8-9,11,18H2,(H,19,20). The summed E-state index contributed by atoms with van der Waals surface area (Å²) >= 11 is 0. The number of anilines is 1. The lowest BCUT2D eigenvalue weighted by molar-refractivity contribution is -0.120. The van der Waals surface area contributed by atoms with E-state index in [-0.39, 0.29) is 18.1 Å². The first kappa shape index (κ1) is 14.8. The van der Waals surface area contributed by atoms with Gasteiger partial charge in [-0.2, -0.15) is 0 Å². The van der Waals surface area contributed by atoms with Crippen LogP contribution in [0.4, 0.5) is 10.1 Å². The number of halogens is 1. The van der Waals surface area contributed by atoms with Gasteiger partial charge in [0, 0.05) is 0 Å². The highest BCUT2D eigenvalue weighted by Crippen LogP contribution is 2.19. The Hall–Kier alpha value is -2.56. The minimum atomic E-state index is -0.344. The lowest BCUT2D eigenvalue weighted by Crippen LogP contribution is -2.29. The summed E-state index contributed by atoms with van der Waals surface area (Å²) in [5, 5.41) is 2.71. The number of hydrogen-bond acceptors (Lipinski definition) is 3. The zero-order chi connectivity index (χ0) is 15.1. The van der Waals surface area contributed by atoms with Gasteiger partial charge in [0.2, 0.25) is 5.91 Å². The van der Waals surface area contributed by atoms with E-state index in [0.717, 1.165) is 0 Å². The van der Waals surface area contributed by atoms with Gasteiger partial charge in [-0.15, -0.1) is 0 Å². The van der Waals surface area contributed by atoms with Crippen molar-refractivity contribution in [3.05, 3.63) is 59.9 Å². The fraction of sp³-hybridized carbons (Fsp3) is 0.188. The topological polar surface area (TPSA) is 64.3 Å². The van der Waals surface area contributed by atoms with Gasteiger partial charge in [-0.1, -0.05) is 24.3 Å². The van der Waals surface area contributed by atoms with E-state index in [1.807, 2.05) is 12.1 Å². The molecule has 21 heavy (non-hydrogen) atoms. The van der Waals surface area contributed by atoms with Crippen LogP contribution in [-0.4, -0.2) is 19.1 Å². The predicted molar refractivity (Wildman–Crippen MR) is 79.5 cm³/mol. The molecule has 2 rings (SSSR count). The van der Waals surface area contributed by atoms with Gasteiger partial charge in [0.25, 0.3) is 0 Å². The maximum atomic E-state index is 13.0. The monoisotopic (exact) mass is 288 g/mol. The van der Waals surface area contributed by atoms with Gasteiger partial charge < -0.3 is 15.8 Å². The van der Waals surface area contributed by atoms with Crippen LogP contribution in [0.3, 0.4) is 0 Å². The maximum absolute atomic E-state index is 13.0. The summed E-state index contributed by atoms with van der Waals surface area (Å²) in [6.45, 7) is 0.686. The lowest BCUT2D eigenvalue weighted by Gasteiger charge is -2.09. The number of carbonyl (C=O) groups is 1. The van der Waals surface area contributed by atoms with Crippen LogP contribution < -0.4 is 15.8 Å². The summed E-state index contributed by atoms with van der Waals surface area (Å²) in [7, 11) is 0. The van der Waals surface area contributed by atoms with Crippen LogP contribution >= 0.6 is 0 Å². The van der Waals surface area contributed by atoms with Gasteiger partial charge in [0.15, 0.2) is 0 Å². The molecule has 0 aliphatic heterocycles. The van der Waals surface area contributed by atoms with Crippen molar-refractivity contribution in [2.45, 2.75) is 6.42 Å². The number of hydrogen-bond donors (Lipinski definition) is 2. The summed E-state index contributed by atoms with van der Waals surface area (Å²) in [6.07, 6.45) is 0.144. The van der Waals surface area contributed by atoms with Crippen molar-refractivity contribution < 1.29 is 13.9 Å². The van der Waals surface area contributed by atoms with E-state index < -0.39 is 0 Å². The molecule has 3 N–H and O–H groups in total. The number of ether oxygens (including phenoxy) is 1. The number of nitrogen functional groups attached to an aromatic ring is 1. The first-order valence-corrected chi connectivity index (χ1v) is 6.63. The number of nitrogens with one attached hydrogen (secondary N) is 1. The summed E-state index contributed by atoms with van der Waals surface area (Å²) in [5.74, 6) is 0.0744. The molecule has 0 unspecified atom stereocenters. The molecule has 0 fully saturated rings. The molecule has 110 valence electrons. The number of rotatable bonds is 6. The quantitative estimate of drug-likeness (QED) is 0.632. The van der Waals surface area contributed by atoms with Gasteiger partial charge in [-0.05, 0) is 29.8 Å². The Labute approximate surface area is 122 Å². The Bertz CT molecular complexity index is 617. The third-order valence-electron chi connectivity index (χ3n) is 2.85. The minimum absolute atomic E-state index is 0.144. The van der Waals surface area contributed by atoms with Crippen molar-refractivity contribution in [1.82, 2.24) is 5.32 Å². The van der Waals surface area contributed by atoms with Crippen LogP contribution in [0.25, 0.3) is 0 Å². The maximum Gasteiger partial charge on any atom is 0.224 e. The lowest BCUT2D eigenvalue weighted by atomic mass is 10.1. The van der Waals surface area contributed by atoms with E-state index in [2.05, 4.69) is 5.32 Å². The molecule has 0 spiro atoms. The smallest absolute Gasteiger partial charge is 0.224 e. The van der Waals surface area contributed by atoms with E-state index in [9.17, 15) is 9.18 Å². The van der Waals surface area contributed by atoms with E-state index in [1.165, 1.54) is 12.1 Å². The molecule has 4 nitrogen and oxygen atoms in total. The van der Waals surface area contributed by atoms with Gasteiger partial charge >= 0.3 is 0 Å². The Morgan fingerprint density at radius 1 is 1.19 bits per heavy atom. The summed E-state index contributed by atoms with van der Waals surface area (Å²) in [6, 6.07) is 13.2. The summed E-state index contributed by atoms with van der Waals surface area (Å²) in [4.78, 5) is 11.7. The van der Waals surface area contributed by atoms with Crippen LogP contribution in [-0.2, 0) is 11.2 Å². The van der Waals surface area contributed by atoms with E-state index in [0.29, 0.717) is 30.2 Å². The zero-order valence-electron chi connectivity index (χ0n) is 11.5.